The lowest BCUT2D eigenvalue weighted by Crippen LogP contribution is -2.30. The number of anilines is 2. The fourth-order valence-corrected chi connectivity index (χ4v) is 1.98. The molecule has 6 nitrogen and oxygen atoms in total. The number of rotatable bonds is 7. The van der Waals surface area contributed by atoms with Crippen LogP contribution in [0.5, 0.6) is 0 Å². The Morgan fingerprint density at radius 3 is 2.76 bits per heavy atom. The highest BCUT2D eigenvalue weighted by Crippen LogP contribution is 2.28. The van der Waals surface area contributed by atoms with Crippen LogP contribution in [0.1, 0.15) is 30.1 Å². The van der Waals surface area contributed by atoms with E-state index in [0.717, 1.165) is 12.8 Å². The normalized spacial score (nSPS) is 13.6. The first-order valence-electron chi connectivity index (χ1n) is 7.20. The van der Waals surface area contributed by atoms with Gasteiger partial charge < -0.3 is 21.1 Å². The largest absolute Gasteiger partial charge is 0.462 e. The average molecular weight is 291 g/mol. The molecule has 4 N–H and O–H groups in total. The molecule has 1 aromatic carbocycles. The summed E-state index contributed by atoms with van der Waals surface area (Å²) in [4.78, 5) is 23.2. The van der Waals surface area contributed by atoms with Crippen molar-refractivity contribution in [3.63, 3.8) is 0 Å². The minimum absolute atomic E-state index is 0.116. The summed E-state index contributed by atoms with van der Waals surface area (Å²) in [7, 11) is 0. The van der Waals surface area contributed by atoms with Crippen LogP contribution in [0.15, 0.2) is 18.2 Å². The molecule has 0 saturated heterocycles. The van der Waals surface area contributed by atoms with Gasteiger partial charge in [0.15, 0.2) is 0 Å². The number of nitrogen functional groups attached to an aromatic ring is 1. The molecular weight excluding hydrogens is 270 g/mol. The summed E-state index contributed by atoms with van der Waals surface area (Å²) >= 11 is 0. The first-order valence-corrected chi connectivity index (χ1v) is 7.20. The van der Waals surface area contributed by atoms with Crippen LogP contribution >= 0.6 is 0 Å². The van der Waals surface area contributed by atoms with Gasteiger partial charge in [-0.15, -0.1) is 0 Å². The van der Waals surface area contributed by atoms with E-state index < -0.39 is 5.97 Å². The van der Waals surface area contributed by atoms with Gasteiger partial charge in [0.1, 0.15) is 0 Å². The van der Waals surface area contributed by atoms with Crippen LogP contribution in [0.2, 0.25) is 0 Å². The van der Waals surface area contributed by atoms with Crippen molar-refractivity contribution < 1.29 is 14.3 Å². The van der Waals surface area contributed by atoms with E-state index in [4.69, 9.17) is 10.5 Å². The van der Waals surface area contributed by atoms with Gasteiger partial charge >= 0.3 is 5.97 Å². The fraction of sp³-hybridized carbons (Fsp3) is 0.467. The topological polar surface area (TPSA) is 93.5 Å². The Labute approximate surface area is 124 Å². The van der Waals surface area contributed by atoms with Gasteiger partial charge in [0.05, 0.1) is 23.5 Å². The molecule has 21 heavy (non-hydrogen) atoms. The monoisotopic (exact) mass is 291 g/mol. The molecule has 114 valence electrons. The van der Waals surface area contributed by atoms with Crippen molar-refractivity contribution in [3.05, 3.63) is 23.8 Å². The lowest BCUT2D eigenvalue weighted by atomic mass is 10.1. The van der Waals surface area contributed by atoms with E-state index in [-0.39, 0.29) is 11.8 Å². The molecule has 0 unspecified atom stereocenters. The third kappa shape index (κ3) is 4.11. The number of esters is 1. The van der Waals surface area contributed by atoms with Crippen LogP contribution in [-0.2, 0) is 9.53 Å². The van der Waals surface area contributed by atoms with Crippen LogP contribution in [0, 0.1) is 5.92 Å². The van der Waals surface area contributed by atoms with Crippen LogP contribution < -0.4 is 16.4 Å². The van der Waals surface area contributed by atoms with E-state index >= 15 is 0 Å². The average Bonchev–Trinajstić information content (AvgIpc) is 3.29. The minimum atomic E-state index is -0.430. The molecule has 0 aliphatic heterocycles. The van der Waals surface area contributed by atoms with Gasteiger partial charge in [-0.3, -0.25) is 4.79 Å². The Bertz CT molecular complexity index is 527. The Balaban J connectivity index is 1.86. The third-order valence-electron chi connectivity index (χ3n) is 3.29. The Morgan fingerprint density at radius 1 is 1.33 bits per heavy atom. The summed E-state index contributed by atoms with van der Waals surface area (Å²) in [5.74, 6) is -0.104. The SMILES string of the molecule is CCOC(=O)c1cccc(NCCNC(=O)C2CC2)c1N. The van der Waals surface area contributed by atoms with Gasteiger partial charge in [0.25, 0.3) is 0 Å². The zero-order valence-electron chi connectivity index (χ0n) is 12.1. The number of carbonyl (C=O) groups is 2. The van der Waals surface area contributed by atoms with Crippen molar-refractivity contribution in [3.8, 4) is 0 Å². The highest BCUT2D eigenvalue weighted by Gasteiger charge is 2.28. The summed E-state index contributed by atoms with van der Waals surface area (Å²) in [5, 5.41) is 5.98. The molecule has 6 heteroatoms. The third-order valence-corrected chi connectivity index (χ3v) is 3.29. The molecule has 0 heterocycles. The number of hydrogen-bond donors (Lipinski definition) is 3. The van der Waals surface area contributed by atoms with Crippen LogP contribution in [0.4, 0.5) is 11.4 Å². The minimum Gasteiger partial charge on any atom is -0.462 e. The van der Waals surface area contributed by atoms with Gasteiger partial charge in [-0.2, -0.15) is 0 Å². The molecule has 0 atom stereocenters. The molecule has 1 aliphatic carbocycles. The molecule has 2 rings (SSSR count). The van der Waals surface area contributed by atoms with E-state index in [9.17, 15) is 9.59 Å². The molecule has 1 amide bonds. The molecule has 0 radical (unpaired) electrons. The van der Waals surface area contributed by atoms with Crippen molar-refractivity contribution in [2.24, 2.45) is 5.92 Å². The van der Waals surface area contributed by atoms with E-state index in [2.05, 4.69) is 10.6 Å². The second-order valence-corrected chi connectivity index (χ2v) is 4.98. The van der Waals surface area contributed by atoms with Gasteiger partial charge in [0.2, 0.25) is 5.91 Å². The van der Waals surface area contributed by atoms with Crippen molar-refractivity contribution in [1.29, 1.82) is 0 Å². The number of nitrogens with two attached hydrogens (primary N) is 1. The maximum Gasteiger partial charge on any atom is 0.340 e. The zero-order chi connectivity index (χ0) is 15.2. The smallest absolute Gasteiger partial charge is 0.340 e. The van der Waals surface area contributed by atoms with Crippen LogP contribution in [0.25, 0.3) is 0 Å². The summed E-state index contributed by atoms with van der Waals surface area (Å²) in [6.07, 6.45) is 1.99. The molecule has 1 aliphatic rings. The number of ether oxygens (including phenoxy) is 1. The molecule has 1 fully saturated rings. The van der Waals surface area contributed by atoms with Gasteiger partial charge in [0, 0.05) is 19.0 Å². The zero-order valence-corrected chi connectivity index (χ0v) is 12.1. The first kappa shape index (κ1) is 15.2. The maximum atomic E-state index is 11.7. The lowest BCUT2D eigenvalue weighted by molar-refractivity contribution is -0.122. The Morgan fingerprint density at radius 2 is 2.10 bits per heavy atom. The standard InChI is InChI=1S/C15H21N3O3/c1-2-21-15(20)11-4-3-5-12(13(11)16)17-8-9-18-14(19)10-6-7-10/h3-5,10,17H,2,6-9,16H2,1H3,(H,18,19). The highest BCUT2D eigenvalue weighted by molar-refractivity contribution is 5.98. The predicted octanol–water partition coefficient (Wildman–Crippen LogP) is 1.38. The fourth-order valence-electron chi connectivity index (χ4n) is 1.98. The number of para-hydroxylation sites is 1. The lowest BCUT2D eigenvalue weighted by Gasteiger charge is -2.12. The summed E-state index contributed by atoms with van der Waals surface area (Å²) in [6.45, 7) is 3.13. The molecule has 1 saturated carbocycles. The number of hydrogen-bond acceptors (Lipinski definition) is 5. The Kier molecular flexibility index (Phi) is 5.03. The van der Waals surface area contributed by atoms with Crippen molar-refractivity contribution in [2.45, 2.75) is 19.8 Å². The van der Waals surface area contributed by atoms with Crippen LogP contribution in [-0.4, -0.2) is 31.6 Å². The van der Waals surface area contributed by atoms with Gasteiger partial charge in [-0.05, 0) is 31.9 Å². The predicted molar refractivity (Wildman–Crippen MR) is 81.0 cm³/mol. The molecule has 0 aromatic heterocycles. The second-order valence-electron chi connectivity index (χ2n) is 4.98. The highest BCUT2D eigenvalue weighted by atomic mass is 16.5. The van der Waals surface area contributed by atoms with Crippen LogP contribution in [0.3, 0.4) is 0 Å². The van der Waals surface area contributed by atoms with Crippen molar-refractivity contribution in [1.82, 2.24) is 5.32 Å². The molecule has 0 bridgehead atoms. The van der Waals surface area contributed by atoms with Gasteiger partial charge in [-0.1, -0.05) is 6.07 Å². The summed E-state index contributed by atoms with van der Waals surface area (Å²) in [6, 6.07) is 5.17. The molecule has 1 aromatic rings. The number of carbonyl (C=O) groups excluding carboxylic acids is 2. The van der Waals surface area contributed by atoms with E-state index in [1.165, 1.54) is 0 Å². The van der Waals surface area contributed by atoms with E-state index in [1.54, 1.807) is 25.1 Å². The van der Waals surface area contributed by atoms with Gasteiger partial charge in [-0.25, -0.2) is 4.79 Å². The number of amides is 1. The second kappa shape index (κ2) is 6.97. The van der Waals surface area contributed by atoms with Crippen molar-refractivity contribution >= 4 is 23.3 Å². The number of benzene rings is 1. The summed E-state index contributed by atoms with van der Waals surface area (Å²) in [5.41, 5.74) is 7.35. The Hall–Kier alpha value is -2.24. The van der Waals surface area contributed by atoms with E-state index in [0.29, 0.717) is 36.6 Å². The van der Waals surface area contributed by atoms with E-state index in [1.807, 2.05) is 0 Å². The quantitative estimate of drug-likeness (QED) is 0.401. The molecular formula is C15H21N3O3. The molecule has 0 spiro atoms. The summed E-state index contributed by atoms with van der Waals surface area (Å²) < 4.78 is 4.95. The first-order chi connectivity index (χ1) is 10.1. The maximum absolute atomic E-state index is 11.7. The van der Waals surface area contributed by atoms with Crippen molar-refractivity contribution in [2.75, 3.05) is 30.7 Å². The number of nitrogens with one attached hydrogen (secondary N) is 2.